The van der Waals surface area contributed by atoms with E-state index in [1.54, 1.807) is 6.20 Å². The van der Waals surface area contributed by atoms with Gasteiger partial charge in [-0.2, -0.15) is 0 Å². The number of nitrogens with one attached hydrogen (secondary N) is 1. The molecular formula is C7H10ClN3. The van der Waals surface area contributed by atoms with Crippen LogP contribution in [-0.2, 0) is 0 Å². The number of imidazole rings is 1. The molecule has 1 aromatic heterocycles. The van der Waals surface area contributed by atoms with Crippen LogP contribution in [0.3, 0.4) is 0 Å². The number of halogens is 1. The number of nitrogens with zero attached hydrogens (tertiary/aromatic N) is 2. The van der Waals surface area contributed by atoms with Crippen LogP contribution in [0.5, 0.6) is 0 Å². The lowest BCUT2D eigenvalue weighted by Gasteiger charge is -2.08. The Bertz CT molecular complexity index is 264. The molecule has 0 fully saturated rings. The van der Waals surface area contributed by atoms with Gasteiger partial charge < -0.3 is 4.57 Å². The second-order valence-corrected chi connectivity index (χ2v) is 2.94. The van der Waals surface area contributed by atoms with Crippen LogP contribution in [0.1, 0.15) is 25.7 Å². The average Bonchev–Trinajstić information content (AvgIpc) is 2.32. The van der Waals surface area contributed by atoms with Gasteiger partial charge in [-0.1, -0.05) is 11.6 Å². The monoisotopic (exact) mass is 171 g/mol. The molecule has 0 saturated heterocycles. The summed E-state index contributed by atoms with van der Waals surface area (Å²) in [5.74, 6) is 0.529. The highest BCUT2D eigenvalue weighted by Gasteiger charge is 2.07. The first-order chi connectivity index (χ1) is 5.13. The summed E-state index contributed by atoms with van der Waals surface area (Å²) < 4.78 is 1.86. The molecule has 0 bridgehead atoms. The summed E-state index contributed by atoms with van der Waals surface area (Å²) in [6, 6.07) is 0.298. The maximum Gasteiger partial charge on any atom is 0.170 e. The fourth-order valence-electron chi connectivity index (χ4n) is 0.900. The molecular weight excluding hydrogens is 162 g/mol. The molecule has 0 atom stereocenters. The van der Waals surface area contributed by atoms with Crippen LogP contribution in [0.2, 0.25) is 0 Å². The predicted molar refractivity (Wildman–Crippen MR) is 45.3 cm³/mol. The average molecular weight is 172 g/mol. The summed E-state index contributed by atoms with van der Waals surface area (Å²) in [5, 5.41) is 7.16. The quantitative estimate of drug-likeness (QED) is 0.680. The predicted octanol–water partition coefficient (Wildman–Crippen LogP) is 2.03. The SMILES string of the molecule is CC(C)n1ccnc1C(=N)Cl. The molecule has 1 heterocycles. The van der Waals surface area contributed by atoms with E-state index in [-0.39, 0.29) is 5.17 Å². The molecule has 1 N–H and O–H groups in total. The Morgan fingerprint density at radius 2 is 2.36 bits per heavy atom. The fourth-order valence-corrected chi connectivity index (χ4v) is 1.05. The topological polar surface area (TPSA) is 41.7 Å². The molecule has 3 nitrogen and oxygen atoms in total. The highest BCUT2D eigenvalue weighted by molar-refractivity contribution is 6.68. The Morgan fingerprint density at radius 1 is 1.73 bits per heavy atom. The van der Waals surface area contributed by atoms with Gasteiger partial charge in [-0.3, -0.25) is 5.41 Å². The van der Waals surface area contributed by atoms with E-state index in [4.69, 9.17) is 17.0 Å². The van der Waals surface area contributed by atoms with Gasteiger partial charge in [-0.05, 0) is 13.8 Å². The maximum absolute atomic E-state index is 7.17. The van der Waals surface area contributed by atoms with Crippen LogP contribution in [-0.4, -0.2) is 14.7 Å². The second kappa shape index (κ2) is 3.05. The van der Waals surface area contributed by atoms with E-state index in [0.29, 0.717) is 11.9 Å². The Kier molecular flexibility index (Phi) is 2.29. The van der Waals surface area contributed by atoms with Gasteiger partial charge in [0.25, 0.3) is 0 Å². The summed E-state index contributed by atoms with van der Waals surface area (Å²) in [5.41, 5.74) is 0. The van der Waals surface area contributed by atoms with Gasteiger partial charge in [0.05, 0.1) is 0 Å². The van der Waals surface area contributed by atoms with Crippen LogP contribution in [0.15, 0.2) is 12.4 Å². The number of hydrogen-bond acceptors (Lipinski definition) is 2. The van der Waals surface area contributed by atoms with E-state index in [9.17, 15) is 0 Å². The number of rotatable bonds is 2. The van der Waals surface area contributed by atoms with Crippen LogP contribution >= 0.6 is 11.6 Å². The molecule has 11 heavy (non-hydrogen) atoms. The second-order valence-electron chi connectivity index (χ2n) is 2.57. The van der Waals surface area contributed by atoms with Gasteiger partial charge >= 0.3 is 0 Å². The zero-order valence-corrected chi connectivity index (χ0v) is 7.26. The fraction of sp³-hybridized carbons (Fsp3) is 0.429. The highest BCUT2D eigenvalue weighted by Crippen LogP contribution is 2.09. The van der Waals surface area contributed by atoms with Crippen molar-refractivity contribution in [2.45, 2.75) is 19.9 Å². The van der Waals surface area contributed by atoms with Crippen LogP contribution in [0.4, 0.5) is 0 Å². The van der Waals surface area contributed by atoms with Crippen molar-refractivity contribution in [3.63, 3.8) is 0 Å². The zero-order valence-electron chi connectivity index (χ0n) is 6.50. The van der Waals surface area contributed by atoms with E-state index in [0.717, 1.165) is 0 Å². The van der Waals surface area contributed by atoms with Gasteiger partial charge in [0.1, 0.15) is 0 Å². The Balaban J connectivity index is 3.06. The minimum Gasteiger partial charge on any atom is -0.326 e. The molecule has 1 aromatic rings. The van der Waals surface area contributed by atoms with Crippen molar-refractivity contribution in [1.29, 1.82) is 5.41 Å². The van der Waals surface area contributed by atoms with E-state index >= 15 is 0 Å². The minimum atomic E-state index is -0.0105. The Morgan fingerprint density at radius 3 is 2.73 bits per heavy atom. The first kappa shape index (κ1) is 8.27. The van der Waals surface area contributed by atoms with Crippen molar-refractivity contribution < 1.29 is 0 Å². The summed E-state index contributed by atoms with van der Waals surface area (Å²) in [7, 11) is 0. The first-order valence-corrected chi connectivity index (χ1v) is 3.78. The molecule has 60 valence electrons. The molecule has 0 aliphatic heterocycles. The molecule has 0 aromatic carbocycles. The maximum atomic E-state index is 7.17. The van der Waals surface area contributed by atoms with Gasteiger partial charge in [-0.25, -0.2) is 4.98 Å². The van der Waals surface area contributed by atoms with Crippen LogP contribution in [0.25, 0.3) is 0 Å². The number of hydrogen-bond donors (Lipinski definition) is 1. The minimum absolute atomic E-state index is 0.0105. The van der Waals surface area contributed by atoms with Gasteiger partial charge in [-0.15, -0.1) is 0 Å². The Hall–Kier alpha value is -0.830. The summed E-state index contributed by atoms with van der Waals surface area (Å²) >= 11 is 5.49. The standard InChI is InChI=1S/C7H10ClN3/c1-5(2)11-4-3-10-7(11)6(8)9/h3-5,9H,1-2H3. The molecule has 0 aliphatic carbocycles. The largest absolute Gasteiger partial charge is 0.326 e. The van der Waals surface area contributed by atoms with Gasteiger partial charge in [0.15, 0.2) is 11.0 Å². The molecule has 0 unspecified atom stereocenters. The molecule has 0 amide bonds. The molecule has 4 heteroatoms. The Labute approximate surface area is 70.5 Å². The summed E-state index contributed by atoms with van der Waals surface area (Å²) in [4.78, 5) is 3.94. The van der Waals surface area contributed by atoms with E-state index in [1.165, 1.54) is 0 Å². The van der Waals surface area contributed by atoms with Gasteiger partial charge in [0, 0.05) is 18.4 Å². The van der Waals surface area contributed by atoms with Crippen LogP contribution in [0, 0.1) is 5.41 Å². The molecule has 0 spiro atoms. The van der Waals surface area contributed by atoms with E-state index in [2.05, 4.69) is 4.98 Å². The van der Waals surface area contributed by atoms with Crippen molar-refractivity contribution >= 4 is 16.8 Å². The molecule has 1 rings (SSSR count). The lowest BCUT2D eigenvalue weighted by Crippen LogP contribution is -2.07. The van der Waals surface area contributed by atoms with E-state index in [1.807, 2.05) is 24.6 Å². The van der Waals surface area contributed by atoms with Crippen LogP contribution < -0.4 is 0 Å². The number of aromatic nitrogens is 2. The van der Waals surface area contributed by atoms with Crippen molar-refractivity contribution in [1.82, 2.24) is 9.55 Å². The smallest absolute Gasteiger partial charge is 0.170 e. The third-order valence-corrected chi connectivity index (χ3v) is 1.59. The lowest BCUT2D eigenvalue weighted by atomic mass is 10.4. The third-order valence-electron chi connectivity index (χ3n) is 1.42. The molecule has 0 radical (unpaired) electrons. The lowest BCUT2D eigenvalue weighted by molar-refractivity contribution is 0.595. The highest BCUT2D eigenvalue weighted by atomic mass is 35.5. The first-order valence-electron chi connectivity index (χ1n) is 3.40. The zero-order chi connectivity index (χ0) is 8.43. The van der Waals surface area contributed by atoms with Crippen molar-refractivity contribution in [3.8, 4) is 0 Å². The summed E-state index contributed by atoms with van der Waals surface area (Å²) in [6.45, 7) is 4.04. The van der Waals surface area contributed by atoms with Gasteiger partial charge in [0.2, 0.25) is 0 Å². The third kappa shape index (κ3) is 1.60. The van der Waals surface area contributed by atoms with Crippen molar-refractivity contribution in [3.05, 3.63) is 18.2 Å². The normalized spacial score (nSPS) is 10.5. The van der Waals surface area contributed by atoms with E-state index < -0.39 is 0 Å². The summed E-state index contributed by atoms with van der Waals surface area (Å²) in [6.07, 6.45) is 3.46. The van der Waals surface area contributed by atoms with Crippen molar-refractivity contribution in [2.75, 3.05) is 0 Å². The molecule has 0 saturated carbocycles. The molecule has 0 aliphatic rings. The van der Waals surface area contributed by atoms with Crippen molar-refractivity contribution in [2.24, 2.45) is 0 Å².